The maximum Gasteiger partial charge on any atom is 0.316 e. The van der Waals surface area contributed by atoms with E-state index in [4.69, 9.17) is 4.52 Å². The monoisotopic (exact) mass is 499 g/mol. The number of aromatic nitrogens is 2. The Morgan fingerprint density at radius 3 is 2.22 bits per heavy atom. The van der Waals surface area contributed by atoms with Gasteiger partial charge in [0, 0.05) is 56.6 Å². The fourth-order valence-electron chi connectivity index (χ4n) is 4.73. The highest BCUT2D eigenvalue weighted by atomic mass is 16.5. The normalized spacial score (nSPS) is 17.0. The van der Waals surface area contributed by atoms with E-state index in [-0.39, 0.29) is 17.7 Å². The summed E-state index contributed by atoms with van der Waals surface area (Å²) < 4.78 is 5.31. The van der Waals surface area contributed by atoms with Gasteiger partial charge < -0.3 is 19.2 Å². The third-order valence-corrected chi connectivity index (χ3v) is 7.26. The van der Waals surface area contributed by atoms with Crippen LogP contribution in [-0.2, 0) is 4.79 Å². The number of piperidine rings is 1. The Morgan fingerprint density at radius 2 is 1.54 bits per heavy atom. The van der Waals surface area contributed by atoms with Crippen LogP contribution in [0, 0.1) is 12.8 Å². The molecule has 2 fully saturated rings. The molecule has 1 aromatic heterocycles. The molecule has 0 bridgehead atoms. The fraction of sp³-hybridized carbons (Fsp3) is 0.379. The van der Waals surface area contributed by atoms with E-state index in [9.17, 15) is 9.59 Å². The van der Waals surface area contributed by atoms with Crippen LogP contribution >= 0.6 is 0 Å². The average Bonchev–Trinajstić information content (AvgIpc) is 3.43. The first-order chi connectivity index (χ1) is 18.0. The molecule has 2 amide bonds. The van der Waals surface area contributed by atoms with Gasteiger partial charge in [-0.3, -0.25) is 9.59 Å². The van der Waals surface area contributed by atoms with Crippen LogP contribution in [0.4, 0.5) is 5.69 Å². The van der Waals surface area contributed by atoms with Gasteiger partial charge in [-0.25, -0.2) is 0 Å². The van der Waals surface area contributed by atoms with Gasteiger partial charge in [0.15, 0.2) is 0 Å². The highest BCUT2D eigenvalue weighted by Crippen LogP contribution is 2.25. The minimum absolute atomic E-state index is 0.0249. The van der Waals surface area contributed by atoms with Crippen LogP contribution in [0.3, 0.4) is 0 Å². The molecular weight excluding hydrogens is 466 g/mol. The first kappa shape index (κ1) is 24.7. The number of nitrogens with zero attached hydrogens (tertiary/aromatic N) is 5. The average molecular weight is 500 g/mol. The Morgan fingerprint density at radius 1 is 0.892 bits per heavy atom. The van der Waals surface area contributed by atoms with E-state index in [0.717, 1.165) is 30.1 Å². The first-order valence-electron chi connectivity index (χ1n) is 13.0. The lowest BCUT2D eigenvalue weighted by Crippen LogP contribution is -2.50. The molecule has 8 heteroatoms. The summed E-state index contributed by atoms with van der Waals surface area (Å²) in [6.07, 6.45) is 5.83. The van der Waals surface area contributed by atoms with E-state index in [1.54, 1.807) is 15.9 Å². The van der Waals surface area contributed by atoms with Crippen LogP contribution in [0.5, 0.6) is 0 Å². The van der Waals surface area contributed by atoms with Gasteiger partial charge in [-0.1, -0.05) is 41.9 Å². The van der Waals surface area contributed by atoms with E-state index in [1.807, 2.05) is 49.4 Å². The van der Waals surface area contributed by atoms with Gasteiger partial charge in [0.2, 0.25) is 11.7 Å². The molecule has 3 aromatic rings. The summed E-state index contributed by atoms with van der Waals surface area (Å²) in [5, 5.41) is 4.04. The third kappa shape index (κ3) is 5.90. The van der Waals surface area contributed by atoms with Gasteiger partial charge in [0.25, 0.3) is 0 Å². The fourth-order valence-corrected chi connectivity index (χ4v) is 4.73. The highest BCUT2D eigenvalue weighted by molar-refractivity contribution is 5.93. The van der Waals surface area contributed by atoms with Gasteiger partial charge in [0.1, 0.15) is 0 Å². The molecule has 0 radical (unpaired) electrons. The van der Waals surface area contributed by atoms with Crippen molar-refractivity contribution < 1.29 is 14.1 Å². The molecule has 0 N–H and O–H groups in total. The van der Waals surface area contributed by atoms with E-state index >= 15 is 0 Å². The lowest BCUT2D eigenvalue weighted by molar-refractivity contribution is -0.127. The molecular formula is C29H33N5O3. The molecule has 2 aliphatic rings. The number of carbonyl (C=O) groups is 2. The summed E-state index contributed by atoms with van der Waals surface area (Å²) >= 11 is 0. The maximum atomic E-state index is 13.0. The van der Waals surface area contributed by atoms with Crippen molar-refractivity contribution in [3.05, 3.63) is 71.6 Å². The number of piperazine rings is 1. The number of amides is 2. The number of hydrogen-bond acceptors (Lipinski definition) is 6. The SMILES string of the molecule is Cc1ccc(/C=C/C(=O)N2CCN(C(=O)c3nc(-c4ccc(N5CCC(C)CC5)cc4)no3)CC2)cc1. The quantitative estimate of drug-likeness (QED) is 0.488. The Balaban J connectivity index is 1.14. The smallest absolute Gasteiger partial charge is 0.316 e. The molecule has 3 heterocycles. The second-order valence-corrected chi connectivity index (χ2v) is 10.0. The van der Waals surface area contributed by atoms with Crippen molar-refractivity contribution in [2.75, 3.05) is 44.2 Å². The summed E-state index contributed by atoms with van der Waals surface area (Å²) in [6.45, 7) is 8.24. The van der Waals surface area contributed by atoms with Crippen LogP contribution in [0.25, 0.3) is 17.5 Å². The van der Waals surface area contributed by atoms with Crippen molar-refractivity contribution in [2.24, 2.45) is 5.92 Å². The molecule has 192 valence electrons. The third-order valence-electron chi connectivity index (χ3n) is 7.26. The van der Waals surface area contributed by atoms with Crippen molar-refractivity contribution in [1.82, 2.24) is 19.9 Å². The van der Waals surface area contributed by atoms with Gasteiger partial charge in [-0.2, -0.15) is 4.98 Å². The summed E-state index contributed by atoms with van der Waals surface area (Å²) in [6, 6.07) is 16.1. The first-order valence-corrected chi connectivity index (χ1v) is 13.0. The number of carbonyl (C=O) groups excluding carboxylic acids is 2. The molecule has 0 spiro atoms. The Hall–Kier alpha value is -3.94. The summed E-state index contributed by atoms with van der Waals surface area (Å²) in [4.78, 5) is 35.7. The van der Waals surface area contributed by atoms with Crippen molar-refractivity contribution in [2.45, 2.75) is 26.7 Å². The summed E-state index contributed by atoms with van der Waals surface area (Å²) in [7, 11) is 0. The molecule has 0 atom stereocenters. The summed E-state index contributed by atoms with van der Waals surface area (Å²) in [5.41, 5.74) is 4.16. The van der Waals surface area contributed by atoms with E-state index in [2.05, 4.69) is 34.1 Å². The van der Waals surface area contributed by atoms with E-state index in [1.165, 1.54) is 24.1 Å². The molecule has 8 nitrogen and oxygen atoms in total. The van der Waals surface area contributed by atoms with Crippen molar-refractivity contribution in [3.63, 3.8) is 0 Å². The minimum atomic E-state index is -0.305. The molecule has 0 unspecified atom stereocenters. The number of hydrogen-bond donors (Lipinski definition) is 0. The van der Waals surface area contributed by atoms with Crippen LogP contribution in [-0.4, -0.2) is 71.0 Å². The van der Waals surface area contributed by atoms with Gasteiger partial charge in [-0.15, -0.1) is 0 Å². The molecule has 37 heavy (non-hydrogen) atoms. The largest absolute Gasteiger partial charge is 0.372 e. The number of rotatable bonds is 5. The minimum Gasteiger partial charge on any atom is -0.372 e. The Kier molecular flexibility index (Phi) is 7.35. The molecule has 2 aliphatic heterocycles. The Bertz CT molecular complexity index is 1250. The van der Waals surface area contributed by atoms with E-state index < -0.39 is 0 Å². The van der Waals surface area contributed by atoms with Crippen molar-refractivity contribution >= 4 is 23.6 Å². The molecule has 2 aromatic carbocycles. The van der Waals surface area contributed by atoms with E-state index in [0.29, 0.717) is 32.0 Å². The van der Waals surface area contributed by atoms with Crippen LogP contribution in [0.1, 0.15) is 41.6 Å². The number of anilines is 1. The van der Waals surface area contributed by atoms with Crippen LogP contribution in [0.15, 0.2) is 59.1 Å². The maximum absolute atomic E-state index is 13.0. The zero-order chi connectivity index (χ0) is 25.8. The van der Waals surface area contributed by atoms with Gasteiger partial charge in [0.05, 0.1) is 0 Å². The second kappa shape index (κ2) is 11.0. The standard InChI is InChI=1S/C29H33N5O3/c1-21-3-5-23(6-4-21)7-12-26(35)33-17-19-34(20-18-33)29(36)28-30-27(31-37-28)24-8-10-25(11-9-24)32-15-13-22(2)14-16-32/h3-12,22H,13-20H2,1-2H3/b12-7+. The molecule has 5 rings (SSSR count). The second-order valence-electron chi connectivity index (χ2n) is 10.0. The van der Waals surface area contributed by atoms with Gasteiger partial charge in [-0.05, 0) is 61.6 Å². The molecule has 0 aliphatic carbocycles. The van der Waals surface area contributed by atoms with Crippen LogP contribution in [0.2, 0.25) is 0 Å². The van der Waals surface area contributed by atoms with Gasteiger partial charge >= 0.3 is 11.8 Å². The Labute approximate surface area is 217 Å². The zero-order valence-electron chi connectivity index (χ0n) is 21.5. The number of benzene rings is 2. The topological polar surface area (TPSA) is 82.8 Å². The molecule has 2 saturated heterocycles. The lowest BCUT2D eigenvalue weighted by atomic mass is 9.98. The molecule has 0 saturated carbocycles. The van der Waals surface area contributed by atoms with Crippen LogP contribution < -0.4 is 4.90 Å². The van der Waals surface area contributed by atoms with Crippen molar-refractivity contribution in [3.8, 4) is 11.4 Å². The highest BCUT2D eigenvalue weighted by Gasteiger charge is 2.27. The predicted molar refractivity (Wildman–Crippen MR) is 143 cm³/mol. The van der Waals surface area contributed by atoms with Crippen molar-refractivity contribution in [1.29, 1.82) is 0 Å². The predicted octanol–water partition coefficient (Wildman–Crippen LogP) is 4.28. The number of aryl methyl sites for hydroxylation is 1. The lowest BCUT2D eigenvalue weighted by Gasteiger charge is -2.33. The summed E-state index contributed by atoms with van der Waals surface area (Å²) in [5.74, 6) is 0.797. The zero-order valence-corrected chi connectivity index (χ0v) is 21.5.